The lowest BCUT2D eigenvalue weighted by Crippen LogP contribution is -2.39. The minimum Gasteiger partial charge on any atom is -0.338 e. The second-order valence-electron chi connectivity index (χ2n) is 7.99. The molecule has 0 atom stereocenters. The first-order valence-corrected chi connectivity index (χ1v) is 9.02. The highest BCUT2D eigenvalue weighted by atomic mass is 16.2. The molecule has 4 heteroatoms. The average Bonchev–Trinajstić information content (AvgIpc) is 2.45. The smallest absolute Gasteiger partial charge is 0.319 e. The van der Waals surface area contributed by atoms with Crippen molar-refractivity contribution in [1.29, 1.82) is 0 Å². The first kappa shape index (κ1) is 20.5. The number of hydrogen-bond acceptors (Lipinski definition) is 2. The highest BCUT2D eigenvalue weighted by Gasteiger charge is 2.14. The molecule has 136 valence electrons. The van der Waals surface area contributed by atoms with Crippen molar-refractivity contribution in [3.05, 3.63) is 29.8 Å². The van der Waals surface area contributed by atoms with Gasteiger partial charge < -0.3 is 10.6 Å². The number of rotatable bonds is 7. The number of carbonyl (C=O) groups is 1. The fourth-order valence-electron chi connectivity index (χ4n) is 2.81. The van der Waals surface area contributed by atoms with Gasteiger partial charge in [-0.05, 0) is 57.2 Å². The Morgan fingerprint density at radius 1 is 1.04 bits per heavy atom. The Morgan fingerprint density at radius 3 is 2.04 bits per heavy atom. The molecule has 1 aromatic rings. The Morgan fingerprint density at radius 2 is 1.58 bits per heavy atom. The standard InChI is InChI=1S/C20H35N3O/c1-15(2)23(16(3)4)14-8-13-21-19(24)22-18-11-9-17(10-12-18)20(5,6)7/h9-12,15-16H,8,13-14H2,1-7H3,(H2,21,22,24). The van der Waals surface area contributed by atoms with Crippen molar-refractivity contribution in [2.24, 2.45) is 0 Å². The summed E-state index contributed by atoms with van der Waals surface area (Å²) in [6, 6.07) is 8.97. The second-order valence-corrected chi connectivity index (χ2v) is 7.99. The van der Waals surface area contributed by atoms with Crippen molar-refractivity contribution in [2.75, 3.05) is 18.4 Å². The summed E-state index contributed by atoms with van der Waals surface area (Å²) in [6.07, 6.45) is 0.951. The van der Waals surface area contributed by atoms with Crippen molar-refractivity contribution in [1.82, 2.24) is 10.2 Å². The van der Waals surface area contributed by atoms with Gasteiger partial charge in [-0.25, -0.2) is 4.79 Å². The van der Waals surface area contributed by atoms with Crippen molar-refractivity contribution >= 4 is 11.7 Å². The molecule has 0 radical (unpaired) electrons. The number of carbonyl (C=O) groups excluding carboxylic acids is 1. The summed E-state index contributed by atoms with van der Waals surface area (Å²) < 4.78 is 0. The van der Waals surface area contributed by atoms with Crippen LogP contribution in [0.4, 0.5) is 10.5 Å². The van der Waals surface area contributed by atoms with E-state index in [0.717, 1.165) is 18.7 Å². The maximum absolute atomic E-state index is 12.0. The molecular weight excluding hydrogens is 298 g/mol. The Hall–Kier alpha value is -1.55. The number of amides is 2. The highest BCUT2D eigenvalue weighted by Crippen LogP contribution is 2.23. The van der Waals surface area contributed by atoms with Crippen LogP contribution in [0.1, 0.15) is 60.5 Å². The van der Waals surface area contributed by atoms with Crippen LogP contribution >= 0.6 is 0 Å². The lowest BCUT2D eigenvalue weighted by Gasteiger charge is -2.30. The maximum atomic E-state index is 12.0. The minimum absolute atomic E-state index is 0.124. The van der Waals surface area contributed by atoms with E-state index < -0.39 is 0 Å². The molecule has 2 N–H and O–H groups in total. The summed E-state index contributed by atoms with van der Waals surface area (Å²) in [6.45, 7) is 17.1. The van der Waals surface area contributed by atoms with Gasteiger partial charge in [-0.3, -0.25) is 4.90 Å². The Bertz CT molecular complexity index is 493. The lowest BCUT2D eigenvalue weighted by molar-refractivity contribution is 0.173. The van der Waals surface area contributed by atoms with E-state index in [2.05, 4.69) is 76.1 Å². The summed E-state index contributed by atoms with van der Waals surface area (Å²) >= 11 is 0. The molecule has 0 saturated carbocycles. The van der Waals surface area contributed by atoms with Crippen LogP contribution in [0.2, 0.25) is 0 Å². The van der Waals surface area contributed by atoms with Crippen molar-refractivity contribution in [3.63, 3.8) is 0 Å². The van der Waals surface area contributed by atoms with Crippen LogP contribution in [0.15, 0.2) is 24.3 Å². The van der Waals surface area contributed by atoms with Gasteiger partial charge in [0.15, 0.2) is 0 Å². The quantitative estimate of drug-likeness (QED) is 0.715. The zero-order valence-electron chi connectivity index (χ0n) is 16.4. The monoisotopic (exact) mass is 333 g/mol. The number of nitrogens with zero attached hydrogens (tertiary/aromatic N) is 1. The molecule has 0 spiro atoms. The molecule has 0 heterocycles. The van der Waals surface area contributed by atoms with Crippen LogP contribution in [-0.2, 0) is 5.41 Å². The van der Waals surface area contributed by atoms with Crippen molar-refractivity contribution in [3.8, 4) is 0 Å². The van der Waals surface area contributed by atoms with Crippen molar-refractivity contribution < 1.29 is 4.79 Å². The molecule has 0 fully saturated rings. The molecular formula is C20H35N3O. The van der Waals surface area contributed by atoms with Gasteiger partial charge in [0.2, 0.25) is 0 Å². The molecule has 4 nitrogen and oxygen atoms in total. The average molecular weight is 334 g/mol. The van der Waals surface area contributed by atoms with E-state index in [9.17, 15) is 4.79 Å². The normalized spacial score (nSPS) is 12.1. The predicted octanol–water partition coefficient (Wildman–Crippen LogP) is 4.61. The highest BCUT2D eigenvalue weighted by molar-refractivity contribution is 5.89. The van der Waals surface area contributed by atoms with E-state index in [1.54, 1.807) is 0 Å². The minimum atomic E-state index is -0.140. The zero-order chi connectivity index (χ0) is 18.3. The van der Waals surface area contributed by atoms with E-state index in [1.807, 2.05) is 12.1 Å². The molecule has 24 heavy (non-hydrogen) atoms. The number of urea groups is 1. The molecule has 0 unspecified atom stereocenters. The van der Waals surface area contributed by atoms with Gasteiger partial charge in [0.05, 0.1) is 0 Å². The predicted molar refractivity (Wildman–Crippen MR) is 104 cm³/mol. The summed E-state index contributed by atoms with van der Waals surface area (Å²) in [7, 11) is 0. The van der Waals surface area contributed by atoms with Gasteiger partial charge in [-0.2, -0.15) is 0 Å². The van der Waals surface area contributed by atoms with Crippen LogP contribution < -0.4 is 10.6 Å². The number of hydrogen-bond donors (Lipinski definition) is 2. The van der Waals surface area contributed by atoms with E-state index in [0.29, 0.717) is 18.6 Å². The van der Waals surface area contributed by atoms with Crippen LogP contribution in [0.25, 0.3) is 0 Å². The summed E-state index contributed by atoms with van der Waals surface area (Å²) in [5, 5.41) is 5.82. The number of nitrogens with one attached hydrogen (secondary N) is 2. The molecule has 1 aromatic carbocycles. The fraction of sp³-hybridized carbons (Fsp3) is 0.650. The molecule has 0 aliphatic carbocycles. The Kier molecular flexibility index (Phi) is 7.74. The largest absolute Gasteiger partial charge is 0.338 e. The lowest BCUT2D eigenvalue weighted by atomic mass is 9.87. The Labute approximate surface area is 148 Å². The Balaban J connectivity index is 2.36. The second kappa shape index (κ2) is 9.07. The maximum Gasteiger partial charge on any atom is 0.319 e. The van der Waals surface area contributed by atoms with E-state index >= 15 is 0 Å². The van der Waals surface area contributed by atoms with E-state index in [4.69, 9.17) is 0 Å². The zero-order valence-corrected chi connectivity index (χ0v) is 16.4. The van der Waals surface area contributed by atoms with Gasteiger partial charge in [0, 0.05) is 30.9 Å². The molecule has 1 rings (SSSR count). The van der Waals surface area contributed by atoms with Gasteiger partial charge in [-0.15, -0.1) is 0 Å². The summed E-state index contributed by atoms with van der Waals surface area (Å²) in [4.78, 5) is 14.4. The van der Waals surface area contributed by atoms with Crippen molar-refractivity contribution in [2.45, 2.75) is 72.4 Å². The third-order valence-electron chi connectivity index (χ3n) is 4.21. The molecule has 0 aliphatic heterocycles. The van der Waals surface area contributed by atoms with Crippen LogP contribution in [0.3, 0.4) is 0 Å². The number of benzene rings is 1. The topological polar surface area (TPSA) is 44.4 Å². The molecule has 0 aliphatic rings. The molecule has 0 saturated heterocycles. The SMILES string of the molecule is CC(C)N(CCCNC(=O)Nc1ccc(C(C)(C)C)cc1)C(C)C. The molecule has 0 bridgehead atoms. The third-order valence-corrected chi connectivity index (χ3v) is 4.21. The van der Waals surface area contributed by atoms with Crippen LogP contribution in [0.5, 0.6) is 0 Å². The fourth-order valence-corrected chi connectivity index (χ4v) is 2.81. The summed E-state index contributed by atoms with van der Waals surface area (Å²) in [5.74, 6) is 0. The van der Waals surface area contributed by atoms with E-state index in [-0.39, 0.29) is 11.4 Å². The first-order chi connectivity index (χ1) is 11.1. The number of anilines is 1. The van der Waals surface area contributed by atoms with Crippen LogP contribution in [0, 0.1) is 0 Å². The van der Waals surface area contributed by atoms with Gasteiger partial charge in [0.25, 0.3) is 0 Å². The van der Waals surface area contributed by atoms with Gasteiger partial charge >= 0.3 is 6.03 Å². The molecule has 0 aromatic heterocycles. The molecule has 2 amide bonds. The van der Waals surface area contributed by atoms with E-state index in [1.165, 1.54) is 5.56 Å². The first-order valence-electron chi connectivity index (χ1n) is 9.02. The van der Waals surface area contributed by atoms with Gasteiger partial charge in [-0.1, -0.05) is 32.9 Å². The summed E-state index contributed by atoms with van der Waals surface area (Å²) in [5.41, 5.74) is 2.21. The third kappa shape index (κ3) is 6.91. The van der Waals surface area contributed by atoms with Gasteiger partial charge in [0.1, 0.15) is 0 Å². The van der Waals surface area contributed by atoms with Crippen LogP contribution in [-0.4, -0.2) is 36.1 Å².